The normalized spacial score (nSPS) is 17.6. The minimum Gasteiger partial charge on any atom is -0.548 e. The van der Waals surface area contributed by atoms with E-state index < -0.39 is 28.0 Å². The Morgan fingerprint density at radius 1 is 1.22 bits per heavy atom. The van der Waals surface area contributed by atoms with Crippen molar-refractivity contribution in [2.45, 2.75) is 44.0 Å². The third-order valence-electron chi connectivity index (χ3n) is 4.58. The molecule has 1 heterocycles. The van der Waals surface area contributed by atoms with Crippen LogP contribution in [-0.4, -0.2) is 43.7 Å². The van der Waals surface area contributed by atoms with Crippen molar-refractivity contribution in [2.75, 3.05) is 13.1 Å². The van der Waals surface area contributed by atoms with Gasteiger partial charge in [-0.25, -0.2) is 8.42 Å². The van der Waals surface area contributed by atoms with Crippen molar-refractivity contribution in [2.24, 2.45) is 11.8 Å². The van der Waals surface area contributed by atoms with Gasteiger partial charge in [0, 0.05) is 24.0 Å². The Morgan fingerprint density at radius 3 is 2.26 bits per heavy atom. The molecule has 1 aliphatic heterocycles. The molecule has 1 aromatic rings. The molecule has 1 N–H and O–H groups in total. The van der Waals surface area contributed by atoms with Crippen LogP contribution in [0.3, 0.4) is 0 Å². The average Bonchev–Trinajstić information content (AvgIpc) is 2.61. The molecule has 0 aromatic heterocycles. The van der Waals surface area contributed by atoms with E-state index >= 15 is 0 Å². The number of nitrogens with zero attached hydrogens (tertiary/aromatic N) is 1. The summed E-state index contributed by atoms with van der Waals surface area (Å²) in [5, 5.41) is 14.2. The number of hydrogen-bond acceptors (Lipinski definition) is 5. The molecule has 2 rings (SSSR count). The Balaban J connectivity index is 1.96. The van der Waals surface area contributed by atoms with E-state index in [1.807, 2.05) is 13.8 Å². The molecule has 0 bridgehead atoms. The first kappa shape index (κ1) is 21.7. The highest BCUT2D eigenvalue weighted by Gasteiger charge is 2.32. The van der Waals surface area contributed by atoms with Gasteiger partial charge < -0.3 is 15.2 Å². The number of amides is 1. The molecule has 9 heteroatoms. The second-order valence-corrected chi connectivity index (χ2v) is 9.52. The maximum atomic E-state index is 12.7. The zero-order valence-corrected chi connectivity index (χ0v) is 16.9. The number of carboxylic acid groups (broad SMARTS) is 1. The van der Waals surface area contributed by atoms with Crippen LogP contribution in [0.5, 0.6) is 0 Å². The van der Waals surface area contributed by atoms with Crippen LogP contribution in [0.15, 0.2) is 29.2 Å². The highest BCUT2D eigenvalue weighted by molar-refractivity contribution is 7.89. The molecule has 1 fully saturated rings. The molecule has 150 valence electrons. The third kappa shape index (κ3) is 5.67. The van der Waals surface area contributed by atoms with E-state index in [0.717, 1.165) is 0 Å². The Labute approximate surface area is 164 Å². The lowest BCUT2D eigenvalue weighted by Crippen LogP contribution is -2.51. The second kappa shape index (κ2) is 9.03. The van der Waals surface area contributed by atoms with E-state index in [9.17, 15) is 23.1 Å². The number of carboxylic acids is 1. The van der Waals surface area contributed by atoms with Crippen molar-refractivity contribution < 1.29 is 23.1 Å². The number of piperidine rings is 1. The lowest BCUT2D eigenvalue weighted by molar-refractivity contribution is -0.308. The smallest absolute Gasteiger partial charge is 0.243 e. The number of carbonyl (C=O) groups is 2. The van der Waals surface area contributed by atoms with Gasteiger partial charge in [-0.05, 0) is 49.4 Å². The Hall–Kier alpha value is -1.64. The van der Waals surface area contributed by atoms with Gasteiger partial charge in [-0.1, -0.05) is 25.4 Å². The van der Waals surface area contributed by atoms with Crippen LogP contribution in [-0.2, 0) is 19.6 Å². The van der Waals surface area contributed by atoms with Crippen molar-refractivity contribution in [3.05, 3.63) is 29.3 Å². The summed E-state index contributed by atoms with van der Waals surface area (Å²) in [6, 6.07) is 4.90. The van der Waals surface area contributed by atoms with E-state index in [0.29, 0.717) is 17.9 Å². The lowest BCUT2D eigenvalue weighted by atomic mass is 9.96. The molecule has 1 saturated heterocycles. The number of aliphatic carboxylic acids is 1. The van der Waals surface area contributed by atoms with E-state index in [4.69, 9.17) is 11.6 Å². The molecular formula is C18H24ClN2O5S-. The van der Waals surface area contributed by atoms with Crippen LogP contribution < -0.4 is 10.4 Å². The van der Waals surface area contributed by atoms with Gasteiger partial charge in [-0.3, -0.25) is 4.79 Å². The number of sulfonamides is 1. The Bertz CT molecular complexity index is 771. The molecule has 0 radical (unpaired) electrons. The fourth-order valence-electron chi connectivity index (χ4n) is 3.09. The predicted octanol–water partition coefficient (Wildman–Crippen LogP) is 1.02. The van der Waals surface area contributed by atoms with Crippen LogP contribution in [0.1, 0.15) is 33.1 Å². The first-order valence-electron chi connectivity index (χ1n) is 8.88. The summed E-state index contributed by atoms with van der Waals surface area (Å²) in [7, 11) is -3.64. The summed E-state index contributed by atoms with van der Waals surface area (Å²) >= 11 is 5.80. The molecule has 1 amide bonds. The molecular weight excluding hydrogens is 392 g/mol. The molecule has 0 spiro atoms. The number of halogens is 1. The van der Waals surface area contributed by atoms with Crippen LogP contribution in [0.25, 0.3) is 0 Å². The first-order valence-corrected chi connectivity index (χ1v) is 10.7. The summed E-state index contributed by atoms with van der Waals surface area (Å²) in [5.41, 5.74) is 0. The van der Waals surface area contributed by atoms with Crippen molar-refractivity contribution in [3.8, 4) is 0 Å². The number of carbonyl (C=O) groups excluding carboxylic acids is 2. The number of benzene rings is 1. The molecule has 27 heavy (non-hydrogen) atoms. The number of nitrogens with one attached hydrogen (secondary N) is 1. The Morgan fingerprint density at radius 2 is 1.78 bits per heavy atom. The van der Waals surface area contributed by atoms with E-state index in [-0.39, 0.29) is 36.2 Å². The summed E-state index contributed by atoms with van der Waals surface area (Å²) in [4.78, 5) is 23.7. The third-order valence-corrected chi connectivity index (χ3v) is 6.75. The lowest BCUT2D eigenvalue weighted by Gasteiger charge is -2.32. The van der Waals surface area contributed by atoms with Crippen molar-refractivity contribution >= 4 is 33.5 Å². The molecule has 1 aliphatic rings. The quantitative estimate of drug-likeness (QED) is 0.715. The summed E-state index contributed by atoms with van der Waals surface area (Å²) in [6.45, 7) is 4.12. The standard InChI is InChI=1S/C18H25ClN2O5S/c1-12(2)11-16(18(23)24)20-17(22)13-7-9-21(10-8-13)27(25,26)15-5-3-14(19)4-6-15/h3-6,12-13,16H,7-11H2,1-2H3,(H,20,22)(H,23,24)/p-1/t16-/m1/s1. The van der Waals surface area contributed by atoms with Gasteiger partial charge in [0.05, 0.1) is 16.9 Å². The minimum absolute atomic E-state index is 0.0968. The van der Waals surface area contributed by atoms with Crippen molar-refractivity contribution in [1.29, 1.82) is 0 Å². The van der Waals surface area contributed by atoms with Crippen LogP contribution in [0.2, 0.25) is 5.02 Å². The topological polar surface area (TPSA) is 107 Å². The maximum absolute atomic E-state index is 12.7. The van der Waals surface area contributed by atoms with Gasteiger partial charge in [0.2, 0.25) is 15.9 Å². The molecule has 0 saturated carbocycles. The van der Waals surface area contributed by atoms with Crippen LogP contribution in [0, 0.1) is 11.8 Å². The molecule has 0 unspecified atom stereocenters. The predicted molar refractivity (Wildman–Crippen MR) is 99.3 cm³/mol. The SMILES string of the molecule is CC(C)C[C@@H](NC(=O)C1CCN(S(=O)(=O)c2ccc(Cl)cc2)CC1)C(=O)[O-]. The van der Waals surface area contributed by atoms with Gasteiger partial charge in [-0.2, -0.15) is 4.31 Å². The fraction of sp³-hybridized carbons (Fsp3) is 0.556. The number of hydrogen-bond donors (Lipinski definition) is 1. The van der Waals surface area contributed by atoms with Gasteiger partial charge in [0.25, 0.3) is 0 Å². The van der Waals surface area contributed by atoms with Gasteiger partial charge in [0.1, 0.15) is 0 Å². The molecule has 0 aliphatic carbocycles. The van der Waals surface area contributed by atoms with Gasteiger partial charge >= 0.3 is 0 Å². The Kier molecular flexibility index (Phi) is 7.25. The van der Waals surface area contributed by atoms with E-state index in [2.05, 4.69) is 5.32 Å². The zero-order chi connectivity index (χ0) is 20.2. The molecule has 1 aromatic carbocycles. The average molecular weight is 416 g/mol. The van der Waals surface area contributed by atoms with E-state index in [1.165, 1.54) is 28.6 Å². The summed E-state index contributed by atoms with van der Waals surface area (Å²) < 4.78 is 26.7. The second-order valence-electron chi connectivity index (χ2n) is 7.14. The van der Waals surface area contributed by atoms with Gasteiger partial charge in [0.15, 0.2) is 0 Å². The summed E-state index contributed by atoms with van der Waals surface area (Å²) in [6.07, 6.45) is 0.956. The van der Waals surface area contributed by atoms with Crippen LogP contribution >= 0.6 is 11.6 Å². The number of rotatable bonds is 7. The largest absolute Gasteiger partial charge is 0.548 e. The summed E-state index contributed by atoms with van der Waals surface area (Å²) in [5.74, 6) is -2.00. The molecule has 7 nitrogen and oxygen atoms in total. The minimum atomic E-state index is -3.64. The van der Waals surface area contributed by atoms with Crippen LogP contribution in [0.4, 0.5) is 0 Å². The first-order chi connectivity index (χ1) is 12.6. The zero-order valence-electron chi connectivity index (χ0n) is 15.4. The van der Waals surface area contributed by atoms with Crippen molar-refractivity contribution in [3.63, 3.8) is 0 Å². The monoisotopic (exact) mass is 415 g/mol. The van der Waals surface area contributed by atoms with Gasteiger partial charge in [-0.15, -0.1) is 0 Å². The maximum Gasteiger partial charge on any atom is 0.243 e. The molecule has 1 atom stereocenters. The highest BCUT2D eigenvalue weighted by Crippen LogP contribution is 2.25. The van der Waals surface area contributed by atoms with Crippen molar-refractivity contribution in [1.82, 2.24) is 9.62 Å². The van der Waals surface area contributed by atoms with E-state index in [1.54, 1.807) is 0 Å². The highest BCUT2D eigenvalue weighted by atomic mass is 35.5. The fourth-order valence-corrected chi connectivity index (χ4v) is 4.68.